The summed E-state index contributed by atoms with van der Waals surface area (Å²) in [4.78, 5) is 1.30. The molecule has 4 heteroatoms. The molecule has 0 aromatic carbocycles. The largest absolute Gasteiger partial charge is 0.381 e. The average Bonchev–Trinajstić information content (AvgIpc) is 2.78. The second-order valence-electron chi connectivity index (χ2n) is 4.51. The van der Waals surface area contributed by atoms with Gasteiger partial charge in [-0.2, -0.15) is 0 Å². The predicted octanol–water partition coefficient (Wildman–Crippen LogP) is 3.87. The van der Waals surface area contributed by atoms with Gasteiger partial charge in [0.1, 0.15) is 0 Å². The van der Waals surface area contributed by atoms with Gasteiger partial charge in [-0.05, 0) is 43.2 Å². The molecule has 1 aliphatic heterocycles. The molecule has 1 N–H and O–H groups in total. The molecule has 0 amide bonds. The summed E-state index contributed by atoms with van der Waals surface area (Å²) in [5.74, 6) is 0.659. The molecule has 1 saturated heterocycles. The van der Waals surface area contributed by atoms with Crippen LogP contribution < -0.4 is 5.32 Å². The standard InChI is InChI=1S/C13H20ClNOS/c1-2-6-15-12(10-3-7-16-8-4-10)13-11(14)5-9-17-13/h5,9-10,12,15H,2-4,6-8H2,1H3. The Balaban J connectivity index is 2.09. The minimum absolute atomic E-state index is 0.409. The maximum absolute atomic E-state index is 6.27. The SMILES string of the molecule is CCCNC(c1sccc1Cl)C1CCOCC1. The molecule has 2 nitrogen and oxygen atoms in total. The van der Waals surface area contributed by atoms with Crippen LogP contribution in [0, 0.1) is 5.92 Å². The molecule has 0 bridgehead atoms. The van der Waals surface area contributed by atoms with Crippen molar-refractivity contribution in [2.45, 2.75) is 32.2 Å². The summed E-state index contributed by atoms with van der Waals surface area (Å²) in [7, 11) is 0. The highest BCUT2D eigenvalue weighted by molar-refractivity contribution is 7.10. The predicted molar refractivity (Wildman–Crippen MR) is 73.9 cm³/mol. The summed E-state index contributed by atoms with van der Waals surface area (Å²) >= 11 is 8.04. The quantitative estimate of drug-likeness (QED) is 0.879. The molecule has 1 unspecified atom stereocenters. The Morgan fingerprint density at radius 2 is 2.29 bits per heavy atom. The first-order valence-electron chi connectivity index (χ1n) is 6.37. The average molecular weight is 274 g/mol. The zero-order valence-electron chi connectivity index (χ0n) is 10.2. The first kappa shape index (κ1) is 13.3. The minimum atomic E-state index is 0.409. The first-order valence-corrected chi connectivity index (χ1v) is 7.62. The normalized spacial score (nSPS) is 19.4. The Bertz CT molecular complexity index is 336. The molecule has 1 aromatic heterocycles. The van der Waals surface area contributed by atoms with Crippen LogP contribution in [0.5, 0.6) is 0 Å². The van der Waals surface area contributed by atoms with Crippen molar-refractivity contribution in [1.29, 1.82) is 0 Å². The third-order valence-electron chi connectivity index (χ3n) is 3.28. The molecule has 0 spiro atoms. The van der Waals surface area contributed by atoms with Crippen molar-refractivity contribution in [3.63, 3.8) is 0 Å². The van der Waals surface area contributed by atoms with Gasteiger partial charge in [0.2, 0.25) is 0 Å². The molecule has 0 aliphatic carbocycles. The lowest BCUT2D eigenvalue weighted by atomic mass is 9.90. The van der Waals surface area contributed by atoms with E-state index in [1.54, 1.807) is 11.3 Å². The molecule has 0 radical (unpaired) electrons. The highest BCUT2D eigenvalue weighted by Crippen LogP contribution is 2.36. The summed E-state index contributed by atoms with van der Waals surface area (Å²) in [5.41, 5.74) is 0. The number of thiophene rings is 1. The van der Waals surface area contributed by atoms with Gasteiger partial charge in [0.15, 0.2) is 0 Å². The van der Waals surface area contributed by atoms with E-state index in [0.29, 0.717) is 12.0 Å². The smallest absolute Gasteiger partial charge is 0.0561 e. The van der Waals surface area contributed by atoms with Crippen molar-refractivity contribution in [1.82, 2.24) is 5.32 Å². The summed E-state index contributed by atoms with van der Waals surface area (Å²) < 4.78 is 5.44. The monoisotopic (exact) mass is 273 g/mol. The van der Waals surface area contributed by atoms with Gasteiger partial charge >= 0.3 is 0 Å². The molecule has 1 fully saturated rings. The number of halogens is 1. The molecular formula is C13H20ClNOS. The zero-order chi connectivity index (χ0) is 12.1. The fraction of sp³-hybridized carbons (Fsp3) is 0.692. The molecule has 2 heterocycles. The molecule has 1 aliphatic rings. The van der Waals surface area contributed by atoms with Crippen LogP contribution in [0.1, 0.15) is 37.1 Å². The summed E-state index contributed by atoms with van der Waals surface area (Å²) in [6.45, 7) is 5.02. The van der Waals surface area contributed by atoms with Gasteiger partial charge in [-0.1, -0.05) is 18.5 Å². The summed E-state index contributed by atoms with van der Waals surface area (Å²) in [6, 6.07) is 2.41. The molecule has 1 atom stereocenters. The van der Waals surface area contributed by atoms with E-state index in [9.17, 15) is 0 Å². The molecule has 96 valence electrons. The van der Waals surface area contributed by atoms with Crippen molar-refractivity contribution >= 4 is 22.9 Å². The lowest BCUT2D eigenvalue weighted by Crippen LogP contribution is -2.32. The Morgan fingerprint density at radius 3 is 2.88 bits per heavy atom. The van der Waals surface area contributed by atoms with Crippen molar-refractivity contribution in [3.8, 4) is 0 Å². The van der Waals surface area contributed by atoms with Gasteiger partial charge in [0, 0.05) is 24.1 Å². The van der Waals surface area contributed by atoms with Crippen molar-refractivity contribution in [2.75, 3.05) is 19.8 Å². The highest BCUT2D eigenvalue weighted by atomic mass is 35.5. The minimum Gasteiger partial charge on any atom is -0.381 e. The van der Waals surface area contributed by atoms with Crippen LogP contribution in [0.2, 0.25) is 5.02 Å². The summed E-state index contributed by atoms with van der Waals surface area (Å²) in [6.07, 6.45) is 3.42. The molecule has 0 saturated carbocycles. The second kappa shape index (κ2) is 6.74. The maximum Gasteiger partial charge on any atom is 0.0561 e. The number of hydrogen-bond acceptors (Lipinski definition) is 3. The maximum atomic E-state index is 6.27. The summed E-state index contributed by atoms with van der Waals surface area (Å²) in [5, 5.41) is 6.65. The van der Waals surface area contributed by atoms with Gasteiger partial charge in [-0.3, -0.25) is 0 Å². The second-order valence-corrected chi connectivity index (χ2v) is 5.87. The van der Waals surface area contributed by atoms with Crippen molar-refractivity contribution in [3.05, 3.63) is 21.3 Å². The Labute approximate surface area is 112 Å². The molecule has 2 rings (SSSR count). The fourth-order valence-electron chi connectivity index (χ4n) is 2.35. The molecule has 17 heavy (non-hydrogen) atoms. The van der Waals surface area contributed by atoms with Crippen LogP contribution in [-0.2, 0) is 4.74 Å². The van der Waals surface area contributed by atoms with Crippen LogP contribution in [0.3, 0.4) is 0 Å². The van der Waals surface area contributed by atoms with E-state index in [-0.39, 0.29) is 0 Å². The third-order valence-corrected chi connectivity index (χ3v) is 4.72. The zero-order valence-corrected chi connectivity index (χ0v) is 11.8. The lowest BCUT2D eigenvalue weighted by Gasteiger charge is -2.30. The number of hydrogen-bond donors (Lipinski definition) is 1. The Morgan fingerprint density at radius 1 is 1.53 bits per heavy atom. The van der Waals surface area contributed by atoms with E-state index in [0.717, 1.165) is 44.0 Å². The van der Waals surface area contributed by atoms with E-state index >= 15 is 0 Å². The van der Waals surface area contributed by atoms with Crippen LogP contribution in [0.15, 0.2) is 11.4 Å². The van der Waals surface area contributed by atoms with Crippen LogP contribution in [-0.4, -0.2) is 19.8 Å². The first-order chi connectivity index (χ1) is 8.33. The highest BCUT2D eigenvalue weighted by Gasteiger charge is 2.27. The van der Waals surface area contributed by atoms with E-state index < -0.39 is 0 Å². The van der Waals surface area contributed by atoms with Crippen LogP contribution in [0.25, 0.3) is 0 Å². The van der Waals surface area contributed by atoms with E-state index in [4.69, 9.17) is 16.3 Å². The van der Waals surface area contributed by atoms with E-state index in [1.165, 1.54) is 4.88 Å². The number of ether oxygens (including phenoxy) is 1. The molecular weight excluding hydrogens is 254 g/mol. The topological polar surface area (TPSA) is 21.3 Å². The van der Waals surface area contributed by atoms with Gasteiger partial charge in [-0.15, -0.1) is 11.3 Å². The molecule has 1 aromatic rings. The van der Waals surface area contributed by atoms with Gasteiger partial charge in [0.25, 0.3) is 0 Å². The van der Waals surface area contributed by atoms with Gasteiger partial charge in [0.05, 0.1) is 5.02 Å². The number of nitrogens with one attached hydrogen (secondary N) is 1. The Kier molecular flexibility index (Phi) is 5.29. The van der Waals surface area contributed by atoms with E-state index in [2.05, 4.69) is 17.6 Å². The van der Waals surface area contributed by atoms with Crippen LogP contribution in [0.4, 0.5) is 0 Å². The third kappa shape index (κ3) is 3.44. The van der Waals surface area contributed by atoms with Crippen molar-refractivity contribution in [2.24, 2.45) is 5.92 Å². The van der Waals surface area contributed by atoms with Gasteiger partial charge in [-0.25, -0.2) is 0 Å². The van der Waals surface area contributed by atoms with Crippen molar-refractivity contribution < 1.29 is 4.74 Å². The lowest BCUT2D eigenvalue weighted by molar-refractivity contribution is 0.0541. The van der Waals surface area contributed by atoms with Crippen LogP contribution >= 0.6 is 22.9 Å². The fourth-order valence-corrected chi connectivity index (χ4v) is 3.69. The number of rotatable bonds is 5. The van der Waals surface area contributed by atoms with E-state index in [1.807, 2.05) is 6.07 Å². The Hall–Kier alpha value is -0.0900. The van der Waals surface area contributed by atoms with Gasteiger partial charge < -0.3 is 10.1 Å².